The number of methoxy groups -OCH3 is 1. The average Bonchev–Trinajstić information content (AvgIpc) is 2.98. The first kappa shape index (κ1) is 11.2. The van der Waals surface area contributed by atoms with Gasteiger partial charge in [-0.05, 0) is 11.6 Å². The van der Waals surface area contributed by atoms with Gasteiger partial charge in [0.1, 0.15) is 4.88 Å². The van der Waals surface area contributed by atoms with Gasteiger partial charge < -0.3 is 4.74 Å². The van der Waals surface area contributed by atoms with E-state index in [9.17, 15) is 4.79 Å². The summed E-state index contributed by atoms with van der Waals surface area (Å²) in [5, 5.41) is 0. The summed E-state index contributed by atoms with van der Waals surface area (Å²) in [7, 11) is 1.40. The predicted octanol–water partition coefficient (Wildman–Crippen LogP) is 2.89. The lowest BCUT2D eigenvalue weighted by atomic mass is 10.1. The third kappa shape index (κ3) is 1.75. The maximum absolute atomic E-state index is 11.5. The van der Waals surface area contributed by atoms with Crippen molar-refractivity contribution in [2.75, 3.05) is 7.11 Å². The minimum absolute atomic E-state index is 0.276. The molecule has 3 nitrogen and oxygen atoms in total. The highest BCUT2D eigenvalue weighted by molar-refractivity contribution is 7.16. The number of carbonyl (C=O) groups excluding carboxylic acids is 1. The molecular weight excluding hydrogens is 246 g/mol. The molecule has 1 aliphatic heterocycles. The van der Waals surface area contributed by atoms with Crippen LogP contribution >= 0.6 is 11.3 Å². The molecular formula is C14H11NO2S. The Balaban J connectivity index is 2.01. The van der Waals surface area contributed by atoms with E-state index >= 15 is 0 Å². The highest BCUT2D eigenvalue weighted by Crippen LogP contribution is 2.31. The van der Waals surface area contributed by atoms with Crippen LogP contribution in [0.5, 0.6) is 0 Å². The molecule has 0 aliphatic carbocycles. The van der Waals surface area contributed by atoms with E-state index in [0.717, 1.165) is 21.7 Å². The fraction of sp³-hybridized carbons (Fsp3) is 0.143. The molecule has 0 unspecified atom stereocenters. The van der Waals surface area contributed by atoms with Crippen LogP contribution in [0, 0.1) is 0 Å². The van der Waals surface area contributed by atoms with Crippen LogP contribution in [0.3, 0.4) is 0 Å². The first-order chi connectivity index (χ1) is 8.79. The van der Waals surface area contributed by atoms with Crippen molar-refractivity contribution in [2.45, 2.75) is 6.54 Å². The van der Waals surface area contributed by atoms with Gasteiger partial charge in [0.15, 0.2) is 0 Å². The van der Waals surface area contributed by atoms with E-state index in [1.54, 1.807) is 0 Å². The smallest absolute Gasteiger partial charge is 0.348 e. The number of aliphatic imine (C=N–C) groups is 1. The van der Waals surface area contributed by atoms with Crippen molar-refractivity contribution < 1.29 is 9.53 Å². The Morgan fingerprint density at radius 2 is 2.11 bits per heavy atom. The SMILES string of the molecule is COC(=O)c1cc2c(s1)C(c1ccccc1)=NC2. The summed E-state index contributed by atoms with van der Waals surface area (Å²) in [5.74, 6) is -0.276. The van der Waals surface area contributed by atoms with Crippen molar-refractivity contribution in [3.8, 4) is 0 Å². The molecule has 1 aliphatic rings. The molecule has 2 aromatic rings. The fourth-order valence-corrected chi connectivity index (χ4v) is 3.12. The van der Waals surface area contributed by atoms with Gasteiger partial charge in [0, 0.05) is 5.56 Å². The van der Waals surface area contributed by atoms with Crippen molar-refractivity contribution in [2.24, 2.45) is 4.99 Å². The molecule has 90 valence electrons. The maximum atomic E-state index is 11.5. The molecule has 0 saturated carbocycles. The number of carbonyl (C=O) groups is 1. The molecule has 0 atom stereocenters. The molecule has 1 aromatic heterocycles. The summed E-state index contributed by atoms with van der Waals surface area (Å²) in [6.45, 7) is 0.646. The Morgan fingerprint density at radius 1 is 1.33 bits per heavy atom. The number of benzene rings is 1. The van der Waals surface area contributed by atoms with Gasteiger partial charge in [0.25, 0.3) is 0 Å². The second kappa shape index (κ2) is 4.38. The van der Waals surface area contributed by atoms with Crippen molar-refractivity contribution in [1.29, 1.82) is 0 Å². The number of thiophene rings is 1. The molecule has 0 radical (unpaired) electrons. The van der Waals surface area contributed by atoms with Gasteiger partial charge in [-0.25, -0.2) is 4.79 Å². The van der Waals surface area contributed by atoms with Crippen molar-refractivity contribution in [3.63, 3.8) is 0 Å². The summed E-state index contributed by atoms with van der Waals surface area (Å²) in [6.07, 6.45) is 0. The second-order valence-corrected chi connectivity index (χ2v) is 5.04. The normalized spacial score (nSPS) is 13.1. The third-order valence-electron chi connectivity index (χ3n) is 2.87. The van der Waals surface area contributed by atoms with Gasteiger partial charge in [-0.15, -0.1) is 11.3 Å². The number of nitrogens with zero attached hydrogens (tertiary/aromatic N) is 1. The Morgan fingerprint density at radius 3 is 2.83 bits per heavy atom. The summed E-state index contributed by atoms with van der Waals surface area (Å²) >= 11 is 1.45. The molecule has 0 amide bonds. The molecule has 0 bridgehead atoms. The van der Waals surface area contributed by atoms with Crippen LogP contribution < -0.4 is 0 Å². The lowest BCUT2D eigenvalue weighted by Gasteiger charge is -1.99. The Bertz CT molecular complexity index is 628. The Hall–Kier alpha value is -1.94. The minimum atomic E-state index is -0.276. The third-order valence-corrected chi connectivity index (χ3v) is 4.03. The molecule has 4 heteroatoms. The van der Waals surface area contributed by atoms with Gasteiger partial charge in [0.05, 0.1) is 24.2 Å². The molecule has 0 saturated heterocycles. The molecule has 0 fully saturated rings. The lowest BCUT2D eigenvalue weighted by molar-refractivity contribution is 0.0606. The highest BCUT2D eigenvalue weighted by Gasteiger charge is 2.23. The van der Waals surface area contributed by atoms with Gasteiger partial charge in [-0.1, -0.05) is 30.3 Å². The Labute approximate surface area is 109 Å². The van der Waals surface area contributed by atoms with Crippen LogP contribution in [0.4, 0.5) is 0 Å². The first-order valence-corrected chi connectivity index (χ1v) is 6.42. The monoisotopic (exact) mass is 257 g/mol. The quantitative estimate of drug-likeness (QED) is 0.776. The number of hydrogen-bond donors (Lipinski definition) is 0. The van der Waals surface area contributed by atoms with Gasteiger partial charge in [0.2, 0.25) is 0 Å². The van der Waals surface area contributed by atoms with Crippen LogP contribution in [0.25, 0.3) is 0 Å². The lowest BCUT2D eigenvalue weighted by Crippen LogP contribution is -1.98. The van der Waals surface area contributed by atoms with Crippen LogP contribution in [-0.2, 0) is 11.3 Å². The van der Waals surface area contributed by atoms with Gasteiger partial charge >= 0.3 is 5.97 Å². The Kier molecular flexibility index (Phi) is 2.72. The van der Waals surface area contributed by atoms with E-state index in [2.05, 4.69) is 4.99 Å². The summed E-state index contributed by atoms with van der Waals surface area (Å²) in [5.41, 5.74) is 3.18. The van der Waals surface area contributed by atoms with E-state index in [1.807, 2.05) is 36.4 Å². The second-order valence-electron chi connectivity index (χ2n) is 3.99. The van der Waals surface area contributed by atoms with Gasteiger partial charge in [-0.2, -0.15) is 0 Å². The molecule has 3 rings (SSSR count). The molecule has 0 spiro atoms. The van der Waals surface area contributed by atoms with E-state index in [0.29, 0.717) is 11.4 Å². The number of rotatable bonds is 2. The van der Waals surface area contributed by atoms with Crippen molar-refractivity contribution >= 4 is 23.0 Å². The van der Waals surface area contributed by atoms with Gasteiger partial charge in [-0.3, -0.25) is 4.99 Å². The summed E-state index contributed by atoms with van der Waals surface area (Å²) in [4.78, 5) is 17.8. The summed E-state index contributed by atoms with van der Waals surface area (Å²) in [6, 6.07) is 11.9. The van der Waals surface area contributed by atoms with E-state index in [-0.39, 0.29) is 5.97 Å². The zero-order valence-corrected chi connectivity index (χ0v) is 10.7. The van der Waals surface area contributed by atoms with Crippen LogP contribution in [0.15, 0.2) is 41.4 Å². The zero-order chi connectivity index (χ0) is 12.5. The predicted molar refractivity (Wildman–Crippen MR) is 71.4 cm³/mol. The average molecular weight is 257 g/mol. The van der Waals surface area contributed by atoms with E-state index < -0.39 is 0 Å². The van der Waals surface area contributed by atoms with Crippen molar-refractivity contribution in [1.82, 2.24) is 0 Å². The van der Waals surface area contributed by atoms with Crippen LogP contribution in [0.1, 0.15) is 25.7 Å². The standard InChI is InChI=1S/C14H11NO2S/c1-17-14(16)11-7-10-8-15-12(13(10)18-11)9-5-3-2-4-6-9/h2-7H,8H2,1H3. The topological polar surface area (TPSA) is 38.7 Å². The maximum Gasteiger partial charge on any atom is 0.348 e. The van der Waals surface area contributed by atoms with Crippen LogP contribution in [0.2, 0.25) is 0 Å². The summed E-state index contributed by atoms with van der Waals surface area (Å²) < 4.78 is 4.75. The zero-order valence-electron chi connectivity index (χ0n) is 9.84. The first-order valence-electron chi connectivity index (χ1n) is 5.61. The molecule has 2 heterocycles. The van der Waals surface area contributed by atoms with Crippen molar-refractivity contribution in [3.05, 3.63) is 57.3 Å². The van der Waals surface area contributed by atoms with E-state index in [1.165, 1.54) is 18.4 Å². The molecule has 0 N–H and O–H groups in total. The number of fused-ring (bicyclic) bond motifs is 1. The van der Waals surface area contributed by atoms with E-state index in [4.69, 9.17) is 4.74 Å². The number of hydrogen-bond acceptors (Lipinski definition) is 4. The molecule has 1 aromatic carbocycles. The highest BCUT2D eigenvalue weighted by atomic mass is 32.1. The minimum Gasteiger partial charge on any atom is -0.465 e. The fourth-order valence-electron chi connectivity index (χ4n) is 2.00. The van der Waals surface area contributed by atoms with Crippen LogP contribution in [-0.4, -0.2) is 18.8 Å². The number of ether oxygens (including phenoxy) is 1. The molecule has 18 heavy (non-hydrogen) atoms. The largest absolute Gasteiger partial charge is 0.465 e. The number of esters is 1.